The summed E-state index contributed by atoms with van der Waals surface area (Å²) in [7, 11) is 0. The summed E-state index contributed by atoms with van der Waals surface area (Å²) in [5.74, 6) is 1.90. The number of hydrogen-bond donors (Lipinski definition) is 2. The maximum atomic E-state index is 11.3. The Balaban J connectivity index is 0.00000363. The number of carbonyl (C=O) groups is 1. The Labute approximate surface area is 208 Å². The van der Waals surface area contributed by atoms with Gasteiger partial charge in [0.2, 0.25) is 5.91 Å². The summed E-state index contributed by atoms with van der Waals surface area (Å²) in [6.45, 7) is 5.99. The first kappa shape index (κ1) is 26.0. The van der Waals surface area contributed by atoms with Gasteiger partial charge in [0.15, 0.2) is 5.96 Å². The monoisotopic (exact) mass is 550 g/mol. The molecular formula is C25H35IN4O2. The van der Waals surface area contributed by atoms with Gasteiger partial charge in [0.25, 0.3) is 0 Å². The molecule has 0 aromatic heterocycles. The van der Waals surface area contributed by atoms with Crippen molar-refractivity contribution in [3.05, 3.63) is 65.7 Å². The Morgan fingerprint density at radius 3 is 2.59 bits per heavy atom. The number of amides is 1. The number of piperidine rings is 1. The highest BCUT2D eigenvalue weighted by Gasteiger charge is 2.23. The summed E-state index contributed by atoms with van der Waals surface area (Å²) >= 11 is 0. The number of halogens is 1. The van der Waals surface area contributed by atoms with Crippen LogP contribution in [0, 0.1) is 5.92 Å². The molecule has 174 valence electrons. The number of nitrogens with two attached hydrogens (primary N) is 1. The Kier molecular flexibility index (Phi) is 11.3. The third kappa shape index (κ3) is 8.68. The van der Waals surface area contributed by atoms with Gasteiger partial charge in [0.05, 0.1) is 0 Å². The molecule has 1 aliphatic heterocycles. The van der Waals surface area contributed by atoms with Crippen LogP contribution in [-0.2, 0) is 17.8 Å². The third-order valence-corrected chi connectivity index (χ3v) is 5.48. The van der Waals surface area contributed by atoms with E-state index in [0.29, 0.717) is 25.5 Å². The van der Waals surface area contributed by atoms with Gasteiger partial charge in [-0.3, -0.25) is 9.79 Å². The Morgan fingerprint density at radius 2 is 1.91 bits per heavy atom. The van der Waals surface area contributed by atoms with Gasteiger partial charge in [-0.25, -0.2) is 0 Å². The molecule has 1 amide bonds. The molecule has 1 heterocycles. The number of nitrogens with one attached hydrogen (secondary N) is 1. The van der Waals surface area contributed by atoms with Crippen molar-refractivity contribution in [1.82, 2.24) is 10.2 Å². The lowest BCUT2D eigenvalue weighted by atomic mass is 9.95. The molecule has 3 rings (SSSR count). The second-order valence-corrected chi connectivity index (χ2v) is 8.03. The number of primary amides is 1. The van der Waals surface area contributed by atoms with E-state index >= 15 is 0 Å². The lowest BCUT2D eigenvalue weighted by molar-refractivity contribution is -0.119. The van der Waals surface area contributed by atoms with Crippen molar-refractivity contribution >= 4 is 35.8 Å². The molecule has 6 nitrogen and oxygen atoms in total. The standard InChI is InChI=1S/C25H34N4O2.HI/c1-2-27-25(29-16-6-9-22(18-29)17-24(26)30)28-15-14-20-10-12-23(13-11-20)31-19-21-7-4-3-5-8-21;/h3-5,7-8,10-13,22H,2,6,9,14-19H2,1H3,(H2,26,30)(H,27,28);1H. The Bertz CT molecular complexity index is 843. The highest BCUT2D eigenvalue weighted by Crippen LogP contribution is 2.19. The van der Waals surface area contributed by atoms with Crippen molar-refractivity contribution < 1.29 is 9.53 Å². The normalized spacial score (nSPS) is 16.2. The lowest BCUT2D eigenvalue weighted by Gasteiger charge is -2.34. The van der Waals surface area contributed by atoms with E-state index in [0.717, 1.165) is 56.2 Å². The van der Waals surface area contributed by atoms with Crippen molar-refractivity contribution in [1.29, 1.82) is 0 Å². The average Bonchev–Trinajstić information content (AvgIpc) is 2.78. The number of benzene rings is 2. The zero-order valence-electron chi connectivity index (χ0n) is 18.8. The first-order valence-electron chi connectivity index (χ1n) is 11.2. The molecule has 0 aliphatic carbocycles. The van der Waals surface area contributed by atoms with E-state index in [1.807, 2.05) is 30.3 Å². The summed E-state index contributed by atoms with van der Waals surface area (Å²) in [6, 6.07) is 18.4. The molecule has 1 saturated heterocycles. The maximum Gasteiger partial charge on any atom is 0.217 e. The van der Waals surface area contributed by atoms with E-state index in [-0.39, 0.29) is 29.9 Å². The number of rotatable bonds is 9. The predicted molar refractivity (Wildman–Crippen MR) is 140 cm³/mol. The van der Waals surface area contributed by atoms with Crippen LogP contribution in [0.15, 0.2) is 59.6 Å². The van der Waals surface area contributed by atoms with Crippen molar-refractivity contribution in [2.45, 2.75) is 39.2 Å². The van der Waals surface area contributed by atoms with Crippen molar-refractivity contribution in [3.8, 4) is 5.75 Å². The van der Waals surface area contributed by atoms with E-state index in [1.54, 1.807) is 0 Å². The molecule has 1 aliphatic rings. The van der Waals surface area contributed by atoms with Crippen LogP contribution in [0.4, 0.5) is 0 Å². The van der Waals surface area contributed by atoms with E-state index in [9.17, 15) is 4.79 Å². The van der Waals surface area contributed by atoms with Gasteiger partial charge in [0.1, 0.15) is 12.4 Å². The molecule has 1 atom stereocenters. The summed E-state index contributed by atoms with van der Waals surface area (Å²) in [5, 5.41) is 3.39. The number of carbonyl (C=O) groups excluding carboxylic acids is 1. The van der Waals surface area contributed by atoms with E-state index in [2.05, 4.69) is 41.4 Å². The van der Waals surface area contributed by atoms with Crippen molar-refractivity contribution in [2.24, 2.45) is 16.6 Å². The quantitative estimate of drug-likeness (QED) is 0.281. The molecule has 1 unspecified atom stereocenters. The molecule has 0 saturated carbocycles. The molecule has 2 aromatic carbocycles. The maximum absolute atomic E-state index is 11.3. The van der Waals surface area contributed by atoms with Gasteiger partial charge in [-0.1, -0.05) is 42.5 Å². The third-order valence-electron chi connectivity index (χ3n) is 5.48. The SMILES string of the molecule is CCNC(=NCCc1ccc(OCc2ccccc2)cc1)N1CCCC(CC(N)=O)C1.I. The van der Waals surface area contributed by atoms with Crippen LogP contribution in [0.2, 0.25) is 0 Å². The fraction of sp³-hybridized carbons (Fsp3) is 0.440. The number of nitrogens with zero attached hydrogens (tertiary/aromatic N) is 2. The van der Waals surface area contributed by atoms with Crippen LogP contribution in [-0.4, -0.2) is 42.9 Å². The number of guanidine groups is 1. The first-order valence-corrected chi connectivity index (χ1v) is 11.2. The average molecular weight is 550 g/mol. The van der Waals surface area contributed by atoms with Crippen LogP contribution in [0.1, 0.15) is 37.3 Å². The molecule has 2 aromatic rings. The number of aliphatic imine (C=N–C) groups is 1. The lowest BCUT2D eigenvalue weighted by Crippen LogP contribution is -2.47. The van der Waals surface area contributed by atoms with Crippen LogP contribution in [0.5, 0.6) is 5.75 Å². The van der Waals surface area contributed by atoms with Gasteiger partial charge < -0.3 is 20.7 Å². The number of ether oxygens (including phenoxy) is 1. The van der Waals surface area contributed by atoms with Crippen LogP contribution >= 0.6 is 24.0 Å². The number of hydrogen-bond acceptors (Lipinski definition) is 3. The Morgan fingerprint density at radius 1 is 1.16 bits per heavy atom. The molecule has 3 N–H and O–H groups in total. The van der Waals surface area contributed by atoms with E-state index in [1.165, 1.54) is 5.56 Å². The first-order chi connectivity index (χ1) is 15.1. The fourth-order valence-electron chi connectivity index (χ4n) is 3.92. The summed E-state index contributed by atoms with van der Waals surface area (Å²) in [5.41, 5.74) is 7.79. The van der Waals surface area contributed by atoms with Gasteiger partial charge in [0, 0.05) is 32.6 Å². The number of likely N-dealkylation sites (tertiary alicyclic amines) is 1. The molecular weight excluding hydrogens is 515 g/mol. The minimum atomic E-state index is -0.218. The molecule has 0 spiro atoms. The summed E-state index contributed by atoms with van der Waals surface area (Å²) < 4.78 is 5.86. The van der Waals surface area contributed by atoms with Gasteiger partial charge >= 0.3 is 0 Å². The van der Waals surface area contributed by atoms with Gasteiger partial charge in [-0.05, 0) is 55.4 Å². The second kappa shape index (κ2) is 14.0. The molecule has 32 heavy (non-hydrogen) atoms. The zero-order chi connectivity index (χ0) is 21.9. The zero-order valence-corrected chi connectivity index (χ0v) is 21.2. The Hall–Kier alpha value is -2.29. The van der Waals surface area contributed by atoms with E-state index < -0.39 is 0 Å². The second-order valence-electron chi connectivity index (χ2n) is 8.03. The summed E-state index contributed by atoms with van der Waals surface area (Å²) in [4.78, 5) is 18.4. The smallest absolute Gasteiger partial charge is 0.217 e. The fourth-order valence-corrected chi connectivity index (χ4v) is 3.92. The minimum Gasteiger partial charge on any atom is -0.489 e. The summed E-state index contributed by atoms with van der Waals surface area (Å²) in [6.07, 6.45) is 3.44. The van der Waals surface area contributed by atoms with Crippen molar-refractivity contribution in [2.75, 3.05) is 26.2 Å². The topological polar surface area (TPSA) is 80.0 Å². The van der Waals surface area contributed by atoms with Crippen LogP contribution in [0.3, 0.4) is 0 Å². The highest BCUT2D eigenvalue weighted by atomic mass is 127. The van der Waals surface area contributed by atoms with Gasteiger partial charge in [-0.15, -0.1) is 24.0 Å². The highest BCUT2D eigenvalue weighted by molar-refractivity contribution is 14.0. The van der Waals surface area contributed by atoms with Crippen molar-refractivity contribution in [3.63, 3.8) is 0 Å². The largest absolute Gasteiger partial charge is 0.489 e. The minimum absolute atomic E-state index is 0. The van der Waals surface area contributed by atoms with Gasteiger partial charge in [-0.2, -0.15) is 0 Å². The molecule has 0 radical (unpaired) electrons. The van der Waals surface area contributed by atoms with Crippen LogP contribution in [0.25, 0.3) is 0 Å². The molecule has 0 bridgehead atoms. The molecule has 1 fully saturated rings. The molecule has 7 heteroatoms. The van der Waals surface area contributed by atoms with E-state index in [4.69, 9.17) is 15.5 Å². The van der Waals surface area contributed by atoms with Crippen LogP contribution < -0.4 is 15.8 Å². The predicted octanol–water partition coefficient (Wildman–Crippen LogP) is 3.98.